The first-order valence-electron chi connectivity index (χ1n) is 6.78. The number of nitriles is 1. The van der Waals surface area contributed by atoms with Crippen LogP contribution in [0.15, 0.2) is 28.2 Å². The van der Waals surface area contributed by atoms with Crippen molar-refractivity contribution in [3.63, 3.8) is 0 Å². The van der Waals surface area contributed by atoms with Crippen LogP contribution >= 0.6 is 15.9 Å². The molecule has 0 radical (unpaired) electrons. The van der Waals surface area contributed by atoms with E-state index in [1.807, 2.05) is 6.07 Å². The summed E-state index contributed by atoms with van der Waals surface area (Å²) < 4.78 is 12.5. The first-order chi connectivity index (χ1) is 11.0. The number of halogens is 1. The number of hydrogen-bond acceptors (Lipinski definition) is 5. The number of benzene rings is 1. The van der Waals surface area contributed by atoms with Crippen molar-refractivity contribution in [3.8, 4) is 17.6 Å². The lowest BCUT2D eigenvalue weighted by Gasteiger charge is -2.04. The number of carbonyl (C=O) groups is 1. The molecule has 23 heavy (non-hydrogen) atoms. The van der Waals surface area contributed by atoms with Gasteiger partial charge in [0.25, 0.3) is 5.91 Å². The minimum Gasteiger partial charge on any atom is -0.454 e. The fourth-order valence-corrected chi connectivity index (χ4v) is 2.73. The third kappa shape index (κ3) is 2.85. The van der Waals surface area contributed by atoms with Crippen LogP contribution in [0.4, 0.5) is 0 Å². The minimum atomic E-state index is -0.470. The largest absolute Gasteiger partial charge is 0.454 e. The highest BCUT2D eigenvalue weighted by atomic mass is 79.9. The van der Waals surface area contributed by atoms with Crippen molar-refractivity contribution in [3.05, 3.63) is 45.2 Å². The summed E-state index contributed by atoms with van der Waals surface area (Å²) in [6, 6.07) is 7.19. The summed E-state index contributed by atoms with van der Waals surface area (Å²) in [6.45, 7) is 3.72. The topological polar surface area (TPSA) is 77.1 Å². The normalized spacial score (nSPS) is 13.0. The maximum absolute atomic E-state index is 12.5. The number of allylic oxidation sites excluding steroid dienone is 1. The number of carbonyl (C=O) groups excluding carboxylic acids is 1. The molecule has 1 aromatic heterocycles. The molecule has 6 nitrogen and oxygen atoms in total. The molecular weight excluding hydrogens is 362 g/mol. The molecular formula is C16H12BrN3O3. The lowest BCUT2D eigenvalue weighted by molar-refractivity contribution is 0.0943. The zero-order valence-corrected chi connectivity index (χ0v) is 14.0. The molecule has 3 rings (SSSR count). The van der Waals surface area contributed by atoms with E-state index in [-0.39, 0.29) is 12.4 Å². The number of rotatable bonds is 2. The molecule has 1 aliphatic heterocycles. The number of aryl methyl sites for hydroxylation is 2. The second kappa shape index (κ2) is 5.89. The van der Waals surface area contributed by atoms with E-state index in [1.165, 1.54) is 10.8 Å². The summed E-state index contributed by atoms with van der Waals surface area (Å²) >= 11 is 3.41. The molecule has 116 valence electrons. The summed E-state index contributed by atoms with van der Waals surface area (Å²) in [5, 5.41) is 13.5. The summed E-state index contributed by atoms with van der Waals surface area (Å²) in [5.41, 5.74) is 2.03. The van der Waals surface area contributed by atoms with E-state index in [2.05, 4.69) is 21.0 Å². The Morgan fingerprint density at radius 2 is 2.04 bits per heavy atom. The smallest absolute Gasteiger partial charge is 0.289 e. The molecule has 0 atom stereocenters. The van der Waals surface area contributed by atoms with E-state index in [0.29, 0.717) is 27.2 Å². The molecule has 0 saturated carbocycles. The highest BCUT2D eigenvalue weighted by Gasteiger charge is 2.19. The fraction of sp³-hybridized carbons (Fsp3) is 0.188. The third-order valence-corrected chi connectivity index (χ3v) is 4.03. The van der Waals surface area contributed by atoms with Gasteiger partial charge in [0, 0.05) is 10.2 Å². The van der Waals surface area contributed by atoms with Crippen LogP contribution in [0.3, 0.4) is 0 Å². The highest BCUT2D eigenvalue weighted by Crippen LogP contribution is 2.37. The van der Waals surface area contributed by atoms with Gasteiger partial charge >= 0.3 is 0 Å². The molecule has 0 spiro atoms. The highest BCUT2D eigenvalue weighted by molar-refractivity contribution is 9.10. The van der Waals surface area contributed by atoms with E-state index in [1.54, 1.807) is 32.0 Å². The maximum atomic E-state index is 12.5. The Bertz CT molecular complexity index is 877. The fourth-order valence-electron chi connectivity index (χ4n) is 2.29. The van der Waals surface area contributed by atoms with Gasteiger partial charge < -0.3 is 9.47 Å². The second-order valence-electron chi connectivity index (χ2n) is 5.04. The van der Waals surface area contributed by atoms with E-state index in [0.717, 1.165) is 5.69 Å². The summed E-state index contributed by atoms with van der Waals surface area (Å²) in [6.07, 6.45) is 1.50. The molecule has 7 heteroatoms. The van der Waals surface area contributed by atoms with Crippen molar-refractivity contribution in [2.75, 3.05) is 6.79 Å². The molecule has 1 aromatic carbocycles. The Balaban J connectivity index is 2.01. The molecule has 0 N–H and O–H groups in total. The first-order valence-corrected chi connectivity index (χ1v) is 7.58. The Labute approximate surface area is 141 Å². The summed E-state index contributed by atoms with van der Waals surface area (Å²) in [5.74, 6) is 0.732. The predicted molar refractivity (Wildman–Crippen MR) is 86.2 cm³/mol. The van der Waals surface area contributed by atoms with Gasteiger partial charge in [-0.1, -0.05) is 15.9 Å². The van der Waals surface area contributed by atoms with Crippen molar-refractivity contribution in [2.45, 2.75) is 13.8 Å². The molecule has 0 saturated heterocycles. The van der Waals surface area contributed by atoms with Crippen molar-refractivity contribution >= 4 is 27.9 Å². The molecule has 0 aliphatic carbocycles. The van der Waals surface area contributed by atoms with Crippen LogP contribution in [0, 0.1) is 25.2 Å². The van der Waals surface area contributed by atoms with Crippen LogP contribution in [0.5, 0.6) is 11.5 Å². The van der Waals surface area contributed by atoms with Gasteiger partial charge in [0.15, 0.2) is 11.5 Å². The van der Waals surface area contributed by atoms with E-state index >= 15 is 0 Å². The molecule has 2 aromatic rings. The van der Waals surface area contributed by atoms with Crippen molar-refractivity contribution < 1.29 is 14.3 Å². The van der Waals surface area contributed by atoms with Crippen LogP contribution in [0.2, 0.25) is 0 Å². The first kappa shape index (κ1) is 15.3. The van der Waals surface area contributed by atoms with E-state index in [4.69, 9.17) is 9.47 Å². The van der Waals surface area contributed by atoms with Crippen LogP contribution in [-0.4, -0.2) is 22.5 Å². The standard InChI is InChI=1S/C16H12BrN3O3/c1-9-3-10(2)20(19-9)16(21)12(7-18)4-11-5-14-15(6-13(11)17)23-8-22-14/h3-6H,8H2,1-2H3/b12-4+. The Hall–Kier alpha value is -2.59. The predicted octanol–water partition coefficient (Wildman–Crippen LogP) is 3.24. The van der Waals surface area contributed by atoms with Gasteiger partial charge in [-0.2, -0.15) is 10.4 Å². The van der Waals surface area contributed by atoms with Crippen LogP contribution in [0.25, 0.3) is 6.08 Å². The zero-order chi connectivity index (χ0) is 16.6. The zero-order valence-electron chi connectivity index (χ0n) is 12.5. The van der Waals surface area contributed by atoms with Gasteiger partial charge in [0.05, 0.1) is 5.69 Å². The second-order valence-corrected chi connectivity index (χ2v) is 5.90. The number of fused-ring (bicyclic) bond motifs is 1. The monoisotopic (exact) mass is 373 g/mol. The lowest BCUT2D eigenvalue weighted by atomic mass is 10.1. The average molecular weight is 374 g/mol. The molecule has 0 fully saturated rings. The van der Waals surface area contributed by atoms with Crippen LogP contribution in [-0.2, 0) is 0 Å². The Morgan fingerprint density at radius 3 is 2.65 bits per heavy atom. The maximum Gasteiger partial charge on any atom is 0.289 e. The average Bonchev–Trinajstić information content (AvgIpc) is 3.09. The molecule has 0 bridgehead atoms. The quantitative estimate of drug-likeness (QED) is 0.596. The number of nitrogens with zero attached hydrogens (tertiary/aromatic N) is 3. The number of ether oxygens (including phenoxy) is 2. The summed E-state index contributed by atoms with van der Waals surface area (Å²) in [4.78, 5) is 12.5. The van der Waals surface area contributed by atoms with Gasteiger partial charge in [-0.15, -0.1) is 0 Å². The molecule has 0 amide bonds. The van der Waals surface area contributed by atoms with E-state index < -0.39 is 5.91 Å². The van der Waals surface area contributed by atoms with Crippen molar-refractivity contribution in [2.24, 2.45) is 0 Å². The molecule has 2 heterocycles. The summed E-state index contributed by atoms with van der Waals surface area (Å²) in [7, 11) is 0. The lowest BCUT2D eigenvalue weighted by Crippen LogP contribution is -2.15. The van der Waals surface area contributed by atoms with Gasteiger partial charge in [0.2, 0.25) is 6.79 Å². The molecule has 1 aliphatic rings. The van der Waals surface area contributed by atoms with Gasteiger partial charge in [-0.25, -0.2) is 4.68 Å². The van der Waals surface area contributed by atoms with Crippen LogP contribution < -0.4 is 9.47 Å². The van der Waals surface area contributed by atoms with Gasteiger partial charge in [0.1, 0.15) is 11.6 Å². The van der Waals surface area contributed by atoms with Crippen LogP contribution in [0.1, 0.15) is 21.7 Å². The number of aromatic nitrogens is 2. The minimum absolute atomic E-state index is 0.0178. The number of hydrogen-bond donors (Lipinski definition) is 0. The van der Waals surface area contributed by atoms with Gasteiger partial charge in [-0.05, 0) is 43.7 Å². The Kier molecular flexibility index (Phi) is 3.92. The van der Waals surface area contributed by atoms with Gasteiger partial charge in [-0.3, -0.25) is 4.79 Å². The van der Waals surface area contributed by atoms with E-state index in [9.17, 15) is 10.1 Å². The van der Waals surface area contributed by atoms with Crippen molar-refractivity contribution in [1.82, 2.24) is 9.78 Å². The molecule has 0 unspecified atom stereocenters. The Morgan fingerprint density at radius 1 is 1.35 bits per heavy atom. The SMILES string of the molecule is Cc1cc(C)n(C(=O)/C(C#N)=C/c2cc3c(cc2Br)OCO3)n1. The third-order valence-electron chi connectivity index (χ3n) is 3.34. The van der Waals surface area contributed by atoms with Crippen molar-refractivity contribution in [1.29, 1.82) is 5.26 Å².